The van der Waals surface area contributed by atoms with Crippen molar-refractivity contribution in [2.24, 2.45) is 10.7 Å². The summed E-state index contributed by atoms with van der Waals surface area (Å²) in [6.45, 7) is 24.6. The first-order valence-corrected chi connectivity index (χ1v) is 17.4. The summed E-state index contributed by atoms with van der Waals surface area (Å²) in [5, 5.41) is 3.35. The molecule has 0 saturated carbocycles. The maximum Gasteiger partial charge on any atom is 0.433 e. The van der Waals surface area contributed by atoms with E-state index in [9.17, 15) is 22.8 Å². The average molecular weight is 690 g/mol. The molecule has 8 heteroatoms. The average Bonchev–Trinajstić information content (AvgIpc) is 3.05. The molecule has 5 nitrogen and oxygen atoms in total. The number of nitrogens with zero attached hydrogens (tertiary/aromatic N) is 1. The van der Waals surface area contributed by atoms with Gasteiger partial charge in [0.15, 0.2) is 5.78 Å². The second-order valence-electron chi connectivity index (χ2n) is 11.7. The van der Waals surface area contributed by atoms with Gasteiger partial charge in [-0.25, -0.2) is 0 Å². The molecule has 0 aliphatic heterocycles. The fourth-order valence-corrected chi connectivity index (χ4v) is 4.22. The first-order valence-electron chi connectivity index (χ1n) is 17.4. The van der Waals surface area contributed by atoms with Crippen LogP contribution in [0.5, 0.6) is 0 Å². The molecule has 0 spiro atoms. The Morgan fingerprint density at radius 3 is 1.92 bits per heavy atom. The van der Waals surface area contributed by atoms with Crippen LogP contribution in [0.2, 0.25) is 0 Å². The first-order chi connectivity index (χ1) is 22.9. The van der Waals surface area contributed by atoms with Crippen LogP contribution in [0.25, 0.3) is 0 Å². The SMILES string of the molecule is C/C=C(C(=NC)C(F)(F)F)/C(C)=C/C.C=C(C)/C(=C\C=C/C)Nc1ccc(C(C)=O)c(CC)c1.CCC(N)CCCC(C)=O.CCCCC. The van der Waals surface area contributed by atoms with Gasteiger partial charge in [0, 0.05) is 42.0 Å². The lowest BCUT2D eigenvalue weighted by molar-refractivity contribution is -0.117. The van der Waals surface area contributed by atoms with Gasteiger partial charge in [-0.3, -0.25) is 9.79 Å². The third-order valence-electron chi connectivity index (χ3n) is 7.29. The van der Waals surface area contributed by atoms with Crippen LogP contribution in [0.1, 0.15) is 137 Å². The summed E-state index contributed by atoms with van der Waals surface area (Å²) in [5.41, 5.74) is 10.3. The number of alkyl halides is 3. The predicted octanol–water partition coefficient (Wildman–Crippen LogP) is 12.1. The Morgan fingerprint density at radius 2 is 1.57 bits per heavy atom. The van der Waals surface area contributed by atoms with Gasteiger partial charge in [-0.1, -0.05) is 77.8 Å². The fraction of sp³-hybridized carbons (Fsp3) is 0.537. The van der Waals surface area contributed by atoms with Crippen molar-refractivity contribution in [2.45, 2.75) is 140 Å². The number of unbranched alkanes of at least 4 members (excludes halogenated alkanes) is 2. The number of hydrogen-bond acceptors (Lipinski definition) is 5. The normalized spacial score (nSPS) is 12.9. The Bertz CT molecular complexity index is 1270. The molecule has 0 radical (unpaired) electrons. The highest BCUT2D eigenvalue weighted by Gasteiger charge is 2.37. The van der Waals surface area contributed by atoms with Gasteiger partial charge in [0.05, 0.1) is 0 Å². The van der Waals surface area contributed by atoms with Crippen molar-refractivity contribution in [3.63, 3.8) is 0 Å². The number of nitrogens with two attached hydrogens (primary N) is 1. The molecule has 0 bridgehead atoms. The minimum absolute atomic E-state index is 0.109. The molecule has 3 N–H and O–H groups in total. The maximum atomic E-state index is 12.5. The second kappa shape index (κ2) is 29.4. The van der Waals surface area contributed by atoms with Gasteiger partial charge < -0.3 is 15.8 Å². The van der Waals surface area contributed by atoms with Crippen LogP contribution in [0.3, 0.4) is 0 Å². The monoisotopic (exact) mass is 690 g/mol. The molecule has 1 rings (SSSR count). The fourth-order valence-electron chi connectivity index (χ4n) is 4.22. The summed E-state index contributed by atoms with van der Waals surface area (Å²) in [5.74, 6) is 0.376. The minimum atomic E-state index is -4.39. The van der Waals surface area contributed by atoms with E-state index in [4.69, 9.17) is 5.73 Å². The van der Waals surface area contributed by atoms with Crippen molar-refractivity contribution in [2.75, 3.05) is 12.4 Å². The van der Waals surface area contributed by atoms with Gasteiger partial charge in [-0.2, -0.15) is 13.2 Å². The standard InChI is InChI=1S/C18H23NO.C10H14F3N.C8H17NO.C5H12/c1-6-8-9-18(13(3)4)19-16-10-11-17(14(5)20)15(7-2)12-16;1-5-7(3)8(6-2)9(14-4)10(11,12)13;1-3-8(9)6-4-5-7(2)10;1-3-5-4-2/h6,8-12,19H,3,7H2,1-2,4-5H3;5-6H,1-4H3;8H,3-6,9H2,1-2H3;3-5H2,1-2H3/b8-6-,18-9+;7-5+,8-6-,14-9?;;. The van der Waals surface area contributed by atoms with E-state index < -0.39 is 11.9 Å². The number of nitrogens with one attached hydrogen (secondary N) is 1. The van der Waals surface area contributed by atoms with Gasteiger partial charge in [0.1, 0.15) is 11.5 Å². The van der Waals surface area contributed by atoms with Crippen LogP contribution < -0.4 is 11.1 Å². The second-order valence-corrected chi connectivity index (χ2v) is 11.7. The number of allylic oxidation sites excluding steroid dienone is 8. The van der Waals surface area contributed by atoms with E-state index >= 15 is 0 Å². The van der Waals surface area contributed by atoms with Crippen molar-refractivity contribution in [1.29, 1.82) is 0 Å². The Balaban J connectivity index is -0.000000636. The molecular weight excluding hydrogens is 623 g/mol. The van der Waals surface area contributed by atoms with E-state index in [0.717, 1.165) is 60.8 Å². The number of halogens is 3. The smallest absolute Gasteiger partial charge is 0.355 e. The van der Waals surface area contributed by atoms with E-state index in [-0.39, 0.29) is 17.1 Å². The lowest BCUT2D eigenvalue weighted by atomic mass is 10.0. The lowest BCUT2D eigenvalue weighted by Gasteiger charge is -2.13. The number of aliphatic imine (C=N–C) groups is 1. The van der Waals surface area contributed by atoms with Crippen molar-refractivity contribution in [1.82, 2.24) is 0 Å². The number of carbonyl (C=O) groups excluding carboxylic acids is 2. The molecule has 1 aromatic carbocycles. The molecule has 0 saturated heterocycles. The molecule has 0 heterocycles. The highest BCUT2D eigenvalue weighted by molar-refractivity contribution is 6.07. The molecule has 1 unspecified atom stereocenters. The van der Waals surface area contributed by atoms with Crippen molar-refractivity contribution < 1.29 is 22.8 Å². The molecule has 0 amide bonds. The molecule has 1 aromatic rings. The zero-order valence-electron chi connectivity index (χ0n) is 32.5. The summed E-state index contributed by atoms with van der Waals surface area (Å²) < 4.78 is 37.4. The number of carbonyl (C=O) groups is 2. The van der Waals surface area contributed by atoms with Gasteiger partial charge in [-0.15, -0.1) is 0 Å². The number of hydrogen-bond donors (Lipinski definition) is 2. The van der Waals surface area contributed by atoms with Gasteiger partial charge in [-0.05, 0) is 115 Å². The van der Waals surface area contributed by atoms with Crippen LogP contribution in [-0.4, -0.2) is 36.5 Å². The molecule has 0 fully saturated rings. The van der Waals surface area contributed by atoms with Gasteiger partial charge >= 0.3 is 6.18 Å². The highest BCUT2D eigenvalue weighted by atomic mass is 19.4. The van der Waals surface area contributed by atoms with Gasteiger partial charge in [0.25, 0.3) is 0 Å². The predicted molar refractivity (Wildman–Crippen MR) is 208 cm³/mol. The molecule has 0 aliphatic rings. The number of aryl methyl sites for hydroxylation is 1. The third-order valence-corrected chi connectivity index (χ3v) is 7.29. The van der Waals surface area contributed by atoms with E-state index in [1.165, 1.54) is 25.3 Å². The van der Waals surface area contributed by atoms with Crippen molar-refractivity contribution in [3.05, 3.63) is 88.7 Å². The zero-order valence-corrected chi connectivity index (χ0v) is 32.5. The van der Waals surface area contributed by atoms with Gasteiger partial charge in [0.2, 0.25) is 0 Å². The summed E-state index contributed by atoms with van der Waals surface area (Å²) in [6.07, 6.45) is 13.2. The van der Waals surface area contributed by atoms with E-state index in [1.54, 1.807) is 40.7 Å². The molecule has 49 heavy (non-hydrogen) atoms. The summed E-state index contributed by atoms with van der Waals surface area (Å²) in [7, 11) is 1.15. The number of rotatable bonds is 15. The van der Waals surface area contributed by atoms with E-state index in [0.29, 0.717) is 18.0 Å². The minimum Gasteiger partial charge on any atom is -0.355 e. The van der Waals surface area contributed by atoms with Crippen LogP contribution >= 0.6 is 0 Å². The molecule has 1 atom stereocenters. The molecule has 278 valence electrons. The van der Waals surface area contributed by atoms with E-state index in [1.807, 2.05) is 50.3 Å². The maximum absolute atomic E-state index is 12.5. The number of ketones is 2. The van der Waals surface area contributed by atoms with Crippen LogP contribution in [0, 0.1) is 0 Å². The number of anilines is 1. The highest BCUT2D eigenvalue weighted by Crippen LogP contribution is 2.26. The lowest BCUT2D eigenvalue weighted by Crippen LogP contribution is -2.25. The van der Waals surface area contributed by atoms with Crippen molar-refractivity contribution >= 4 is 23.0 Å². The number of Topliss-reactive ketones (excluding diaryl/α,β-unsaturated/α-hetero) is 2. The largest absolute Gasteiger partial charge is 0.433 e. The Morgan fingerprint density at radius 1 is 0.980 bits per heavy atom. The van der Waals surface area contributed by atoms with Crippen LogP contribution in [0.15, 0.2) is 82.6 Å². The quantitative estimate of drug-likeness (QED) is 0.109. The molecular formula is C41H66F3N3O2. The van der Waals surface area contributed by atoms with Crippen molar-refractivity contribution in [3.8, 4) is 0 Å². The Hall–Kier alpha value is -3.52. The third kappa shape index (κ3) is 24.3. The van der Waals surface area contributed by atoms with Crippen LogP contribution in [-0.2, 0) is 11.2 Å². The Kier molecular flexibility index (Phi) is 29.9. The summed E-state index contributed by atoms with van der Waals surface area (Å²) >= 11 is 0. The first kappa shape index (κ1) is 49.9. The number of benzene rings is 1. The Labute approximate surface area is 296 Å². The van der Waals surface area contributed by atoms with E-state index in [2.05, 4.69) is 44.6 Å². The summed E-state index contributed by atoms with van der Waals surface area (Å²) in [6, 6.07) is 6.14. The summed E-state index contributed by atoms with van der Waals surface area (Å²) in [4.78, 5) is 25.3. The zero-order chi connectivity index (χ0) is 38.6. The molecule has 0 aromatic heterocycles. The van der Waals surface area contributed by atoms with Crippen LogP contribution in [0.4, 0.5) is 18.9 Å². The molecule has 0 aliphatic carbocycles. The topological polar surface area (TPSA) is 84.6 Å².